The molecule has 0 spiro atoms. The molecule has 5 heteroatoms. The highest BCUT2D eigenvalue weighted by Crippen LogP contribution is 2.31. The Labute approximate surface area is 108 Å². The van der Waals surface area contributed by atoms with Crippen LogP contribution in [-0.2, 0) is 14.3 Å². The molecule has 5 nitrogen and oxygen atoms in total. The molecule has 0 heterocycles. The molecular formula is C13H22N2O3. The van der Waals surface area contributed by atoms with E-state index in [1.807, 2.05) is 0 Å². The molecule has 102 valence electrons. The van der Waals surface area contributed by atoms with E-state index in [1.54, 1.807) is 0 Å². The van der Waals surface area contributed by atoms with Crippen molar-refractivity contribution in [1.82, 2.24) is 10.6 Å². The summed E-state index contributed by atoms with van der Waals surface area (Å²) >= 11 is 0. The quantitative estimate of drug-likeness (QED) is 0.729. The molecule has 2 aliphatic rings. The van der Waals surface area contributed by atoms with E-state index in [1.165, 1.54) is 20.0 Å². The van der Waals surface area contributed by atoms with Gasteiger partial charge >= 0.3 is 0 Å². The molecule has 2 amide bonds. The first kappa shape index (κ1) is 13.3. The van der Waals surface area contributed by atoms with Crippen molar-refractivity contribution >= 4 is 11.8 Å². The van der Waals surface area contributed by atoms with Gasteiger partial charge in [-0.05, 0) is 31.6 Å². The second-order valence-corrected chi connectivity index (χ2v) is 5.42. The summed E-state index contributed by atoms with van der Waals surface area (Å²) in [6.45, 7) is 0.762. The van der Waals surface area contributed by atoms with E-state index in [0.29, 0.717) is 5.92 Å². The van der Waals surface area contributed by atoms with Crippen LogP contribution >= 0.6 is 0 Å². The summed E-state index contributed by atoms with van der Waals surface area (Å²) < 4.78 is 4.80. The van der Waals surface area contributed by atoms with Crippen molar-refractivity contribution in [1.29, 1.82) is 0 Å². The van der Waals surface area contributed by atoms with Crippen LogP contribution in [0.1, 0.15) is 38.5 Å². The van der Waals surface area contributed by atoms with E-state index < -0.39 is 5.54 Å². The zero-order chi connectivity index (χ0) is 13.0. The van der Waals surface area contributed by atoms with Gasteiger partial charge in [0.25, 0.3) is 0 Å². The molecule has 18 heavy (non-hydrogen) atoms. The van der Waals surface area contributed by atoms with E-state index in [2.05, 4.69) is 10.6 Å². The predicted molar refractivity (Wildman–Crippen MR) is 67.0 cm³/mol. The molecule has 0 unspecified atom stereocenters. The van der Waals surface area contributed by atoms with E-state index in [0.717, 1.165) is 32.2 Å². The maximum atomic E-state index is 12.3. The first-order valence-corrected chi connectivity index (χ1v) is 6.74. The van der Waals surface area contributed by atoms with E-state index >= 15 is 0 Å². The van der Waals surface area contributed by atoms with Gasteiger partial charge in [0.1, 0.15) is 12.1 Å². The molecule has 0 aromatic heterocycles. The van der Waals surface area contributed by atoms with Gasteiger partial charge in [0.15, 0.2) is 0 Å². The lowest BCUT2D eigenvalue weighted by Crippen LogP contribution is -2.58. The number of rotatable bonds is 6. The zero-order valence-electron chi connectivity index (χ0n) is 11.0. The van der Waals surface area contributed by atoms with Crippen LogP contribution in [-0.4, -0.2) is 37.6 Å². The third-order valence-corrected chi connectivity index (χ3v) is 3.79. The molecule has 0 aromatic rings. The molecule has 2 N–H and O–H groups in total. The molecule has 2 saturated carbocycles. The van der Waals surface area contributed by atoms with E-state index in [-0.39, 0.29) is 18.4 Å². The molecule has 0 aliphatic heterocycles. The summed E-state index contributed by atoms with van der Waals surface area (Å²) in [5, 5.41) is 5.84. The van der Waals surface area contributed by atoms with E-state index in [9.17, 15) is 9.59 Å². The fraction of sp³-hybridized carbons (Fsp3) is 0.846. The average molecular weight is 254 g/mol. The van der Waals surface area contributed by atoms with Gasteiger partial charge < -0.3 is 15.4 Å². The number of hydrogen-bond donors (Lipinski definition) is 2. The first-order chi connectivity index (χ1) is 8.66. The minimum Gasteiger partial charge on any atom is -0.375 e. The van der Waals surface area contributed by atoms with Crippen LogP contribution in [0.4, 0.5) is 0 Å². The smallest absolute Gasteiger partial charge is 0.246 e. The largest absolute Gasteiger partial charge is 0.375 e. The Hall–Kier alpha value is -1.10. The van der Waals surface area contributed by atoms with Gasteiger partial charge in [-0.25, -0.2) is 0 Å². The summed E-state index contributed by atoms with van der Waals surface area (Å²) in [5.41, 5.74) is -0.690. The monoisotopic (exact) mass is 254 g/mol. The molecule has 2 rings (SSSR count). The SMILES string of the molecule is COCC(=O)NC1(C(=O)NCC2CC2)CCCC1. The van der Waals surface area contributed by atoms with Crippen molar-refractivity contribution < 1.29 is 14.3 Å². The number of carbonyl (C=O) groups is 2. The van der Waals surface area contributed by atoms with Crippen LogP contribution in [0.2, 0.25) is 0 Å². The number of amides is 2. The van der Waals surface area contributed by atoms with Crippen LogP contribution in [0.15, 0.2) is 0 Å². The fourth-order valence-corrected chi connectivity index (χ4v) is 2.55. The highest BCUT2D eigenvalue weighted by atomic mass is 16.5. The zero-order valence-corrected chi connectivity index (χ0v) is 11.0. The van der Waals surface area contributed by atoms with Crippen LogP contribution in [0.5, 0.6) is 0 Å². The Kier molecular flexibility index (Phi) is 4.22. The van der Waals surface area contributed by atoms with Crippen molar-refractivity contribution in [2.75, 3.05) is 20.3 Å². The molecule has 0 bridgehead atoms. The number of hydrogen-bond acceptors (Lipinski definition) is 3. The first-order valence-electron chi connectivity index (χ1n) is 6.74. The highest BCUT2D eigenvalue weighted by molar-refractivity contribution is 5.92. The van der Waals surface area contributed by atoms with Crippen LogP contribution < -0.4 is 10.6 Å². The molecule has 0 aromatic carbocycles. The van der Waals surface area contributed by atoms with Crippen LogP contribution in [0, 0.1) is 5.92 Å². The standard InChI is InChI=1S/C13H22N2O3/c1-18-9-11(16)15-13(6-2-3-7-13)12(17)14-8-10-4-5-10/h10H,2-9H2,1H3,(H,14,17)(H,15,16). The predicted octanol–water partition coefficient (Wildman–Crippen LogP) is 0.588. The lowest BCUT2D eigenvalue weighted by Gasteiger charge is -2.29. The highest BCUT2D eigenvalue weighted by Gasteiger charge is 2.42. The minimum atomic E-state index is -0.690. The number of ether oxygens (including phenoxy) is 1. The number of carbonyl (C=O) groups excluding carboxylic acids is 2. The normalized spacial score (nSPS) is 21.6. The van der Waals surface area contributed by atoms with Gasteiger partial charge in [-0.3, -0.25) is 9.59 Å². The Balaban J connectivity index is 1.91. The van der Waals surface area contributed by atoms with Crippen molar-refractivity contribution in [2.24, 2.45) is 5.92 Å². The topological polar surface area (TPSA) is 67.4 Å². The molecule has 2 fully saturated rings. The van der Waals surface area contributed by atoms with Gasteiger partial charge in [0, 0.05) is 13.7 Å². The molecule has 0 saturated heterocycles. The van der Waals surface area contributed by atoms with Crippen molar-refractivity contribution in [3.05, 3.63) is 0 Å². The Morgan fingerprint density at radius 1 is 1.28 bits per heavy atom. The maximum Gasteiger partial charge on any atom is 0.246 e. The van der Waals surface area contributed by atoms with Gasteiger partial charge in [0.05, 0.1) is 0 Å². The fourth-order valence-electron chi connectivity index (χ4n) is 2.55. The Bertz CT molecular complexity index is 320. The maximum absolute atomic E-state index is 12.3. The number of nitrogens with one attached hydrogen (secondary N) is 2. The van der Waals surface area contributed by atoms with Crippen LogP contribution in [0.3, 0.4) is 0 Å². The van der Waals surface area contributed by atoms with E-state index in [4.69, 9.17) is 4.74 Å². The van der Waals surface area contributed by atoms with Gasteiger partial charge in [0.2, 0.25) is 11.8 Å². The molecule has 2 aliphatic carbocycles. The van der Waals surface area contributed by atoms with Crippen molar-refractivity contribution in [3.63, 3.8) is 0 Å². The summed E-state index contributed by atoms with van der Waals surface area (Å²) in [5.74, 6) is 0.430. The third kappa shape index (κ3) is 3.22. The summed E-state index contributed by atoms with van der Waals surface area (Å²) in [6.07, 6.45) is 5.87. The third-order valence-electron chi connectivity index (χ3n) is 3.79. The van der Waals surface area contributed by atoms with Gasteiger partial charge in [-0.15, -0.1) is 0 Å². The lowest BCUT2D eigenvalue weighted by atomic mass is 9.96. The minimum absolute atomic E-state index is 0.0116. The average Bonchev–Trinajstić information content (AvgIpc) is 3.05. The summed E-state index contributed by atoms with van der Waals surface area (Å²) in [4.78, 5) is 23.9. The summed E-state index contributed by atoms with van der Waals surface area (Å²) in [7, 11) is 1.48. The molecule has 0 atom stereocenters. The lowest BCUT2D eigenvalue weighted by molar-refractivity contribution is -0.135. The van der Waals surface area contributed by atoms with Gasteiger partial charge in [-0.2, -0.15) is 0 Å². The van der Waals surface area contributed by atoms with Crippen LogP contribution in [0.25, 0.3) is 0 Å². The van der Waals surface area contributed by atoms with Crippen molar-refractivity contribution in [2.45, 2.75) is 44.1 Å². The Morgan fingerprint density at radius 3 is 2.50 bits per heavy atom. The second-order valence-electron chi connectivity index (χ2n) is 5.42. The molecular weight excluding hydrogens is 232 g/mol. The second kappa shape index (κ2) is 5.69. The summed E-state index contributed by atoms with van der Waals surface area (Å²) in [6, 6.07) is 0. The molecule has 0 radical (unpaired) electrons. The number of methoxy groups -OCH3 is 1. The van der Waals surface area contributed by atoms with Crippen molar-refractivity contribution in [3.8, 4) is 0 Å². The van der Waals surface area contributed by atoms with Gasteiger partial charge in [-0.1, -0.05) is 12.8 Å². The Morgan fingerprint density at radius 2 is 1.94 bits per heavy atom.